The third-order valence-electron chi connectivity index (χ3n) is 9.07. The zero-order valence-electron chi connectivity index (χ0n) is 30.4. The van der Waals surface area contributed by atoms with Gasteiger partial charge >= 0.3 is 17.8 Å². The van der Waals surface area contributed by atoms with Crippen molar-refractivity contribution in [1.29, 1.82) is 0 Å². The quantitative estimate of drug-likeness (QED) is 0.0615. The van der Waals surface area contributed by atoms with Gasteiger partial charge in [0.25, 0.3) is 5.56 Å². The van der Waals surface area contributed by atoms with E-state index >= 15 is 0 Å². The summed E-state index contributed by atoms with van der Waals surface area (Å²) in [6.45, 7) is 0.811. The molecule has 6 rings (SSSR count). The van der Waals surface area contributed by atoms with Crippen LogP contribution in [0.3, 0.4) is 0 Å². The molecule has 2 aromatic heterocycles. The number of hydrogen-bond acceptors (Lipinski definition) is 15. The van der Waals surface area contributed by atoms with Crippen LogP contribution in [0.2, 0.25) is 0 Å². The number of nitrogens with two attached hydrogens (primary N) is 1. The van der Waals surface area contributed by atoms with E-state index in [4.69, 9.17) is 34.6 Å². The molecule has 0 unspecified atom stereocenters. The molecule has 22 heteroatoms. The number of nitrogens with one attached hydrogen (secondary N) is 1. The van der Waals surface area contributed by atoms with E-state index in [1.54, 1.807) is 47.3 Å². The predicted molar refractivity (Wildman–Crippen MR) is 190 cm³/mol. The van der Waals surface area contributed by atoms with E-state index in [0.717, 1.165) is 29.7 Å². The summed E-state index contributed by atoms with van der Waals surface area (Å²) in [6, 6.07) is 17.1. The predicted octanol–water partition coefficient (Wildman–Crippen LogP) is 0.0242. The van der Waals surface area contributed by atoms with Gasteiger partial charge in [-0.1, -0.05) is 35.5 Å². The fourth-order valence-electron chi connectivity index (χ4n) is 6.03. The topological polar surface area (TPSA) is 284 Å². The maximum Gasteiger partial charge on any atom is 0.490 e. The maximum absolute atomic E-state index is 12.6. The van der Waals surface area contributed by atoms with Crippen LogP contribution in [0, 0.1) is 0 Å². The molecule has 0 amide bonds. The van der Waals surface area contributed by atoms with E-state index < -0.39 is 78.6 Å². The van der Waals surface area contributed by atoms with E-state index in [1.165, 1.54) is 0 Å². The first-order chi connectivity index (χ1) is 27.6. The third-order valence-corrected chi connectivity index (χ3v) is 9.07. The minimum atomic E-state index is -5.08. The van der Waals surface area contributed by atoms with Gasteiger partial charge in [0.15, 0.2) is 18.3 Å². The standard InChI is InChI=1S/C34H40N6O11.C2HF3O2/c35-17-23-26(43)29(46)33(49-23)51-30(31-27(44)28(45)32(50-31)40-15-13-24(41)36-34(40)47)22-18-39(38-37-22)14-5-2-6-16-48-21-11-9-20(10-12-21)25(42)19-7-3-1-4-8-19;3-2(4,5)1(6)7/h1,3-4,7-13,15,18,23,26-33,43-46H,2,5-6,14,16-17,35H2,(H,36,41,47);(H,6,7)/t23-,26-,27+,28-,29-,30+,31+,32-,33+;/m1./s1. The van der Waals surface area contributed by atoms with Gasteiger partial charge in [-0.15, -0.1) is 5.10 Å². The Labute approximate surface area is 326 Å². The lowest BCUT2D eigenvalue weighted by Crippen LogP contribution is -2.40. The second-order valence-electron chi connectivity index (χ2n) is 13.1. The molecule has 0 bridgehead atoms. The number of benzene rings is 2. The van der Waals surface area contributed by atoms with Gasteiger partial charge in [0.05, 0.1) is 12.8 Å². The maximum atomic E-state index is 12.6. The molecule has 9 atom stereocenters. The number of aromatic amines is 1. The first-order valence-electron chi connectivity index (χ1n) is 17.8. The van der Waals surface area contributed by atoms with Gasteiger partial charge in [-0.25, -0.2) is 9.59 Å². The van der Waals surface area contributed by atoms with Crippen LogP contribution in [0.15, 0.2) is 82.6 Å². The number of unbranched alkanes of at least 4 members (excludes halogenated alkanes) is 2. The minimum Gasteiger partial charge on any atom is -0.494 e. The zero-order valence-corrected chi connectivity index (χ0v) is 30.4. The highest BCUT2D eigenvalue weighted by molar-refractivity contribution is 6.08. The lowest BCUT2D eigenvalue weighted by atomic mass is 10.0. The Morgan fingerprint density at radius 1 is 0.897 bits per heavy atom. The minimum absolute atomic E-state index is 0.0591. The fraction of sp³-hybridized carbons (Fsp3) is 0.444. The number of ketones is 1. The molecule has 4 aromatic rings. The van der Waals surface area contributed by atoms with Crippen LogP contribution >= 0.6 is 0 Å². The average Bonchev–Trinajstić information content (AvgIpc) is 3.87. The number of aryl methyl sites for hydroxylation is 1. The Hall–Kier alpha value is -5.33. The molecule has 2 aliphatic rings. The highest BCUT2D eigenvalue weighted by Gasteiger charge is 2.52. The molecule has 0 saturated carbocycles. The second kappa shape index (κ2) is 19.4. The van der Waals surface area contributed by atoms with Crippen molar-refractivity contribution >= 4 is 11.8 Å². The van der Waals surface area contributed by atoms with Crippen molar-refractivity contribution in [2.45, 2.75) is 87.2 Å². The summed E-state index contributed by atoms with van der Waals surface area (Å²) >= 11 is 0. The van der Waals surface area contributed by atoms with E-state index in [9.17, 15) is 48.0 Å². The highest BCUT2D eigenvalue weighted by atomic mass is 19.4. The molecule has 2 aromatic carbocycles. The molecule has 19 nitrogen and oxygen atoms in total. The lowest BCUT2D eigenvalue weighted by Gasteiger charge is -2.28. The molecule has 58 heavy (non-hydrogen) atoms. The molecule has 2 fully saturated rings. The summed E-state index contributed by atoms with van der Waals surface area (Å²) in [7, 11) is 0. The van der Waals surface area contributed by atoms with Crippen LogP contribution in [0.5, 0.6) is 5.75 Å². The lowest BCUT2D eigenvalue weighted by molar-refractivity contribution is -0.224. The second-order valence-corrected chi connectivity index (χ2v) is 13.1. The van der Waals surface area contributed by atoms with Crippen LogP contribution in [0.4, 0.5) is 13.2 Å². The van der Waals surface area contributed by atoms with Crippen molar-refractivity contribution in [3.05, 3.63) is 111 Å². The number of aromatic nitrogens is 5. The van der Waals surface area contributed by atoms with E-state index in [-0.39, 0.29) is 18.0 Å². The number of alkyl halides is 3. The van der Waals surface area contributed by atoms with Gasteiger partial charge in [0, 0.05) is 36.5 Å². The van der Waals surface area contributed by atoms with E-state index in [0.29, 0.717) is 36.4 Å². The number of carboxylic acid groups (broad SMARTS) is 1. The molecule has 2 saturated heterocycles. The van der Waals surface area contributed by atoms with Gasteiger partial charge < -0.3 is 50.2 Å². The number of carbonyl (C=O) groups excluding carboxylic acids is 1. The smallest absolute Gasteiger partial charge is 0.490 e. The Bertz CT molecular complexity index is 2080. The highest BCUT2D eigenvalue weighted by Crippen LogP contribution is 2.39. The van der Waals surface area contributed by atoms with Crippen LogP contribution < -0.4 is 21.7 Å². The Balaban J connectivity index is 0.000000839. The van der Waals surface area contributed by atoms with Crippen molar-refractivity contribution in [1.82, 2.24) is 24.5 Å². The number of aliphatic hydroxyl groups is 4. The number of aliphatic hydroxyl groups excluding tert-OH is 4. The number of H-pyrrole nitrogens is 1. The molecule has 0 radical (unpaired) electrons. The van der Waals surface area contributed by atoms with Crippen LogP contribution in [-0.2, 0) is 25.5 Å². The van der Waals surface area contributed by atoms with E-state index in [1.807, 2.05) is 18.2 Å². The van der Waals surface area contributed by atoms with Crippen molar-refractivity contribution in [2.24, 2.45) is 5.73 Å². The summed E-state index contributed by atoms with van der Waals surface area (Å²) in [6.07, 6.45) is -12.7. The monoisotopic (exact) mass is 822 g/mol. The molecule has 0 aliphatic carbocycles. The van der Waals surface area contributed by atoms with Crippen LogP contribution in [0.25, 0.3) is 0 Å². The molecular formula is C36H41F3N6O13. The average molecular weight is 823 g/mol. The summed E-state index contributed by atoms with van der Waals surface area (Å²) in [5.41, 5.74) is 5.47. The van der Waals surface area contributed by atoms with Gasteiger partial charge in [-0.2, -0.15) is 13.2 Å². The number of aliphatic carboxylic acids is 1. The number of carbonyl (C=O) groups is 2. The number of ether oxygens (including phenoxy) is 4. The molecular weight excluding hydrogens is 781 g/mol. The zero-order chi connectivity index (χ0) is 42.1. The number of nitrogens with zero attached hydrogens (tertiary/aromatic N) is 4. The van der Waals surface area contributed by atoms with Crippen molar-refractivity contribution in [3.8, 4) is 5.75 Å². The number of carboxylic acids is 1. The molecule has 4 heterocycles. The first-order valence-corrected chi connectivity index (χ1v) is 17.8. The summed E-state index contributed by atoms with van der Waals surface area (Å²) in [5, 5.41) is 58.3. The van der Waals surface area contributed by atoms with Gasteiger partial charge in [0.2, 0.25) is 0 Å². The molecule has 314 valence electrons. The van der Waals surface area contributed by atoms with Crippen molar-refractivity contribution in [2.75, 3.05) is 13.2 Å². The largest absolute Gasteiger partial charge is 0.494 e. The van der Waals surface area contributed by atoms with E-state index in [2.05, 4.69) is 15.3 Å². The Morgan fingerprint density at radius 2 is 1.57 bits per heavy atom. The molecule has 2 aliphatic heterocycles. The number of hydrogen-bond donors (Lipinski definition) is 7. The van der Waals surface area contributed by atoms with Gasteiger partial charge in [-0.05, 0) is 43.5 Å². The third kappa shape index (κ3) is 10.8. The Morgan fingerprint density at radius 3 is 2.19 bits per heavy atom. The fourth-order valence-corrected chi connectivity index (χ4v) is 6.03. The number of rotatable bonds is 15. The van der Waals surface area contributed by atoms with Crippen LogP contribution in [0.1, 0.15) is 53.2 Å². The number of halogens is 3. The Kier molecular flexibility index (Phi) is 14.7. The first kappa shape index (κ1) is 43.8. The SMILES string of the molecule is NC[C@H]1O[C@@H](O[C@@H](c2cn(CCCCCOc3ccc(C(=O)c4ccccc4)cc3)nn2)[C@H]2O[C@@H](n3ccc(=O)[nH]c3=O)[C@H](O)[C@@H]2O)[C@H](O)[C@@H]1O.O=C(O)C(F)(F)F. The summed E-state index contributed by atoms with van der Waals surface area (Å²) < 4.78 is 57.6. The summed E-state index contributed by atoms with van der Waals surface area (Å²) in [4.78, 5) is 47.6. The van der Waals surface area contributed by atoms with Crippen molar-refractivity contribution < 1.29 is 67.2 Å². The van der Waals surface area contributed by atoms with Gasteiger partial charge in [-0.3, -0.25) is 23.8 Å². The summed E-state index contributed by atoms with van der Waals surface area (Å²) in [5.74, 6) is -2.16. The normalized spacial score (nSPS) is 24.8. The van der Waals surface area contributed by atoms with Crippen LogP contribution in [-0.4, -0.2) is 124 Å². The van der Waals surface area contributed by atoms with Crippen molar-refractivity contribution in [3.63, 3.8) is 0 Å². The molecule has 0 spiro atoms. The molecule has 8 N–H and O–H groups in total. The van der Waals surface area contributed by atoms with Gasteiger partial charge in [0.1, 0.15) is 54.2 Å².